The lowest BCUT2D eigenvalue weighted by Crippen LogP contribution is -2.48. The summed E-state index contributed by atoms with van der Waals surface area (Å²) in [5.41, 5.74) is 1.74. The summed E-state index contributed by atoms with van der Waals surface area (Å²) >= 11 is 0. The third-order valence-corrected chi connectivity index (χ3v) is 4.39. The standard InChI is InChI=1S/C15H18N4O4/c1-10(20)17-6-8-18(9-7-17)13-4-3-12-11(15(13)19(22)23)2-5-14(21)16-12/h3-4H,2,5-9H2,1H3,(H,16,21). The van der Waals surface area contributed by atoms with E-state index in [1.165, 1.54) is 6.92 Å². The highest BCUT2D eigenvalue weighted by atomic mass is 16.6. The van der Waals surface area contributed by atoms with E-state index in [0.29, 0.717) is 49.5 Å². The van der Waals surface area contributed by atoms with Gasteiger partial charge in [-0.2, -0.15) is 0 Å². The highest BCUT2D eigenvalue weighted by molar-refractivity contribution is 5.96. The number of nitro benzene ring substituents is 1. The number of benzene rings is 1. The normalized spacial score (nSPS) is 17.5. The van der Waals surface area contributed by atoms with Crippen molar-refractivity contribution in [3.05, 3.63) is 27.8 Å². The molecule has 0 radical (unpaired) electrons. The van der Waals surface area contributed by atoms with Crippen molar-refractivity contribution in [1.29, 1.82) is 0 Å². The Bertz CT molecular complexity index is 680. The summed E-state index contributed by atoms with van der Waals surface area (Å²) in [6.45, 7) is 3.76. The molecule has 0 aromatic heterocycles. The average Bonchev–Trinajstić information content (AvgIpc) is 2.53. The Morgan fingerprint density at radius 3 is 2.52 bits per heavy atom. The first kappa shape index (κ1) is 15.3. The Morgan fingerprint density at radius 1 is 1.22 bits per heavy atom. The van der Waals surface area contributed by atoms with E-state index in [1.54, 1.807) is 17.0 Å². The number of fused-ring (bicyclic) bond motifs is 1. The SMILES string of the molecule is CC(=O)N1CCN(c2ccc3c(c2[N+](=O)[O-])CCC(=O)N3)CC1. The van der Waals surface area contributed by atoms with Crippen LogP contribution in [-0.2, 0) is 16.0 Å². The second-order valence-electron chi connectivity index (χ2n) is 5.76. The number of amides is 2. The summed E-state index contributed by atoms with van der Waals surface area (Å²) in [5, 5.41) is 14.3. The molecule has 23 heavy (non-hydrogen) atoms. The van der Waals surface area contributed by atoms with E-state index in [-0.39, 0.29) is 28.8 Å². The Kier molecular flexibility index (Phi) is 3.89. The smallest absolute Gasteiger partial charge is 0.297 e. The number of carbonyl (C=O) groups excluding carboxylic acids is 2. The van der Waals surface area contributed by atoms with Crippen molar-refractivity contribution in [3.8, 4) is 0 Å². The molecule has 8 nitrogen and oxygen atoms in total. The molecule has 0 spiro atoms. The van der Waals surface area contributed by atoms with Crippen LogP contribution in [-0.4, -0.2) is 47.8 Å². The van der Waals surface area contributed by atoms with Gasteiger partial charge in [0.2, 0.25) is 11.8 Å². The van der Waals surface area contributed by atoms with Crippen molar-refractivity contribution >= 4 is 28.9 Å². The number of anilines is 2. The van der Waals surface area contributed by atoms with Gasteiger partial charge >= 0.3 is 0 Å². The van der Waals surface area contributed by atoms with E-state index in [9.17, 15) is 19.7 Å². The molecule has 122 valence electrons. The second-order valence-corrected chi connectivity index (χ2v) is 5.76. The first-order valence-corrected chi connectivity index (χ1v) is 7.58. The van der Waals surface area contributed by atoms with Crippen LogP contribution in [0.15, 0.2) is 12.1 Å². The molecule has 8 heteroatoms. The highest BCUT2D eigenvalue weighted by Gasteiger charge is 2.31. The summed E-state index contributed by atoms with van der Waals surface area (Å²) in [6.07, 6.45) is 0.633. The summed E-state index contributed by atoms with van der Waals surface area (Å²) in [5.74, 6) is -0.0954. The van der Waals surface area contributed by atoms with E-state index in [0.717, 1.165) is 0 Å². The minimum Gasteiger partial charge on any atom is -0.362 e. The molecule has 2 amide bonds. The maximum Gasteiger partial charge on any atom is 0.297 e. The summed E-state index contributed by atoms with van der Waals surface area (Å²) in [7, 11) is 0. The molecule has 1 aromatic rings. The van der Waals surface area contributed by atoms with E-state index in [1.807, 2.05) is 4.90 Å². The van der Waals surface area contributed by atoms with Crippen LogP contribution in [0.5, 0.6) is 0 Å². The van der Waals surface area contributed by atoms with E-state index < -0.39 is 0 Å². The van der Waals surface area contributed by atoms with Gasteiger partial charge in [-0.05, 0) is 18.6 Å². The lowest BCUT2D eigenvalue weighted by molar-refractivity contribution is -0.384. The number of nitrogens with one attached hydrogen (secondary N) is 1. The van der Waals surface area contributed by atoms with E-state index in [2.05, 4.69) is 5.32 Å². The summed E-state index contributed by atoms with van der Waals surface area (Å²) < 4.78 is 0. The minimum absolute atomic E-state index is 0.0207. The first-order valence-electron chi connectivity index (χ1n) is 7.58. The van der Waals surface area contributed by atoms with Crippen LogP contribution < -0.4 is 10.2 Å². The molecular formula is C15H18N4O4. The number of hydrogen-bond donors (Lipinski definition) is 1. The van der Waals surface area contributed by atoms with Gasteiger partial charge in [-0.1, -0.05) is 0 Å². The number of nitrogens with zero attached hydrogens (tertiary/aromatic N) is 3. The predicted octanol–water partition coefficient (Wildman–Crippen LogP) is 1.15. The minimum atomic E-state index is -0.372. The Balaban J connectivity index is 1.93. The molecule has 2 aliphatic rings. The van der Waals surface area contributed by atoms with Gasteiger partial charge < -0.3 is 15.1 Å². The largest absolute Gasteiger partial charge is 0.362 e. The van der Waals surface area contributed by atoms with Crippen LogP contribution in [0.1, 0.15) is 18.9 Å². The molecule has 0 unspecified atom stereocenters. The third-order valence-electron chi connectivity index (χ3n) is 4.39. The van der Waals surface area contributed by atoms with Crippen molar-refractivity contribution in [2.45, 2.75) is 19.8 Å². The van der Waals surface area contributed by atoms with Gasteiger partial charge in [0.15, 0.2) is 0 Å². The molecule has 0 atom stereocenters. The first-order chi connectivity index (χ1) is 11.0. The van der Waals surface area contributed by atoms with Crippen molar-refractivity contribution in [2.75, 3.05) is 36.4 Å². The fraction of sp³-hybridized carbons (Fsp3) is 0.467. The molecule has 1 fully saturated rings. The van der Waals surface area contributed by atoms with Gasteiger partial charge in [0.1, 0.15) is 5.69 Å². The van der Waals surface area contributed by atoms with E-state index in [4.69, 9.17) is 0 Å². The molecule has 1 aromatic carbocycles. The number of nitro groups is 1. The average molecular weight is 318 g/mol. The molecule has 0 bridgehead atoms. The van der Waals surface area contributed by atoms with Crippen LogP contribution >= 0.6 is 0 Å². The lowest BCUT2D eigenvalue weighted by Gasteiger charge is -2.35. The summed E-state index contributed by atoms with van der Waals surface area (Å²) in [4.78, 5) is 37.8. The predicted molar refractivity (Wildman–Crippen MR) is 84.5 cm³/mol. The zero-order valence-corrected chi connectivity index (χ0v) is 12.9. The molecule has 1 N–H and O–H groups in total. The fourth-order valence-electron chi connectivity index (χ4n) is 3.17. The van der Waals surface area contributed by atoms with Crippen molar-refractivity contribution in [2.24, 2.45) is 0 Å². The van der Waals surface area contributed by atoms with Crippen LogP contribution in [0.25, 0.3) is 0 Å². The number of piperazine rings is 1. The van der Waals surface area contributed by atoms with Crippen molar-refractivity contribution in [1.82, 2.24) is 4.90 Å². The molecule has 1 saturated heterocycles. The maximum atomic E-state index is 11.6. The van der Waals surface area contributed by atoms with Crippen LogP contribution in [0.4, 0.5) is 17.1 Å². The maximum absolute atomic E-state index is 11.6. The fourth-order valence-corrected chi connectivity index (χ4v) is 3.17. The van der Waals surface area contributed by atoms with Crippen LogP contribution in [0.3, 0.4) is 0 Å². The molecule has 0 saturated carbocycles. The van der Waals surface area contributed by atoms with Crippen LogP contribution in [0, 0.1) is 10.1 Å². The molecular weight excluding hydrogens is 300 g/mol. The topological polar surface area (TPSA) is 95.8 Å². The van der Waals surface area contributed by atoms with Crippen molar-refractivity contribution in [3.63, 3.8) is 0 Å². The van der Waals surface area contributed by atoms with Gasteiger partial charge in [-0.25, -0.2) is 0 Å². The van der Waals surface area contributed by atoms with Gasteiger partial charge in [0.05, 0.1) is 16.2 Å². The zero-order valence-electron chi connectivity index (χ0n) is 12.9. The quantitative estimate of drug-likeness (QED) is 0.652. The highest BCUT2D eigenvalue weighted by Crippen LogP contribution is 2.39. The number of rotatable bonds is 2. The Morgan fingerprint density at radius 2 is 1.91 bits per heavy atom. The van der Waals surface area contributed by atoms with Crippen LogP contribution in [0.2, 0.25) is 0 Å². The Hall–Kier alpha value is -2.64. The molecule has 3 rings (SSSR count). The lowest BCUT2D eigenvalue weighted by atomic mass is 9.99. The summed E-state index contributed by atoms with van der Waals surface area (Å²) in [6, 6.07) is 3.41. The van der Waals surface area contributed by atoms with Gasteiger partial charge in [-0.15, -0.1) is 0 Å². The molecule has 0 aliphatic carbocycles. The monoisotopic (exact) mass is 318 g/mol. The molecule has 2 aliphatic heterocycles. The van der Waals surface area contributed by atoms with Crippen molar-refractivity contribution < 1.29 is 14.5 Å². The molecule has 2 heterocycles. The van der Waals surface area contributed by atoms with Gasteiger partial charge in [-0.3, -0.25) is 19.7 Å². The van der Waals surface area contributed by atoms with Gasteiger partial charge in [0.25, 0.3) is 5.69 Å². The number of hydrogen-bond acceptors (Lipinski definition) is 5. The second kappa shape index (κ2) is 5.86. The third kappa shape index (κ3) is 2.84. The zero-order chi connectivity index (χ0) is 16.6. The van der Waals surface area contributed by atoms with E-state index >= 15 is 0 Å². The van der Waals surface area contributed by atoms with Gasteiger partial charge in [0, 0.05) is 39.5 Å². The number of carbonyl (C=O) groups is 2. The Labute approximate surface area is 133 Å².